The van der Waals surface area contributed by atoms with Crippen molar-refractivity contribution in [3.8, 4) is 0 Å². The highest BCUT2D eigenvalue weighted by molar-refractivity contribution is 5.79. The first-order chi connectivity index (χ1) is 11.4. The molecule has 24 heavy (non-hydrogen) atoms. The van der Waals surface area contributed by atoms with Gasteiger partial charge < -0.3 is 5.32 Å². The topological polar surface area (TPSA) is 64.0 Å². The molecule has 1 heterocycles. The zero-order valence-corrected chi connectivity index (χ0v) is 14.4. The first kappa shape index (κ1) is 18.1. The Kier molecular flexibility index (Phi) is 6.06. The summed E-state index contributed by atoms with van der Waals surface area (Å²) in [7, 11) is 0. The van der Waals surface area contributed by atoms with Crippen molar-refractivity contribution in [2.45, 2.75) is 52.6 Å². The molecule has 0 fully saturated rings. The Morgan fingerprint density at radius 2 is 2.04 bits per heavy atom. The van der Waals surface area contributed by atoms with E-state index in [0.29, 0.717) is 16.8 Å². The third kappa shape index (κ3) is 4.88. The third-order valence-corrected chi connectivity index (χ3v) is 3.93. The Bertz CT molecular complexity index is 770. The van der Waals surface area contributed by atoms with Crippen molar-refractivity contribution in [3.05, 3.63) is 40.7 Å². The maximum atomic E-state index is 13.2. The van der Waals surface area contributed by atoms with Crippen LogP contribution >= 0.6 is 0 Å². The fourth-order valence-electron chi connectivity index (χ4n) is 2.62. The summed E-state index contributed by atoms with van der Waals surface area (Å²) in [5.41, 5.74) is -0.0543. The lowest BCUT2D eigenvalue weighted by Gasteiger charge is -2.15. The van der Waals surface area contributed by atoms with Crippen LogP contribution in [0.4, 0.5) is 4.39 Å². The monoisotopic (exact) mass is 333 g/mol. The Balaban J connectivity index is 1.99. The molecule has 6 heteroatoms. The van der Waals surface area contributed by atoms with E-state index in [9.17, 15) is 14.0 Å². The number of nitrogens with one attached hydrogen (secondary N) is 1. The van der Waals surface area contributed by atoms with Crippen LogP contribution in [0.2, 0.25) is 0 Å². The molecule has 2 rings (SSSR count). The van der Waals surface area contributed by atoms with E-state index in [2.05, 4.69) is 24.1 Å². The molecule has 1 unspecified atom stereocenters. The molecule has 0 saturated heterocycles. The number of hydrogen-bond donors (Lipinski definition) is 1. The number of carbonyl (C=O) groups is 1. The zero-order chi connectivity index (χ0) is 17.7. The van der Waals surface area contributed by atoms with Gasteiger partial charge in [-0.15, -0.1) is 0 Å². The van der Waals surface area contributed by atoms with Crippen LogP contribution in [0, 0.1) is 11.7 Å². The molecule has 0 spiro atoms. The van der Waals surface area contributed by atoms with Gasteiger partial charge in [0.05, 0.1) is 17.2 Å². The number of fused-ring (bicyclic) bond motifs is 1. The van der Waals surface area contributed by atoms with Gasteiger partial charge >= 0.3 is 0 Å². The van der Waals surface area contributed by atoms with Crippen LogP contribution in [0.25, 0.3) is 10.9 Å². The largest absolute Gasteiger partial charge is 0.352 e. The van der Waals surface area contributed by atoms with Crippen molar-refractivity contribution in [1.29, 1.82) is 0 Å². The van der Waals surface area contributed by atoms with Gasteiger partial charge in [0, 0.05) is 12.1 Å². The number of amides is 1. The van der Waals surface area contributed by atoms with Crippen molar-refractivity contribution >= 4 is 16.8 Å². The Morgan fingerprint density at radius 1 is 1.29 bits per heavy atom. The minimum Gasteiger partial charge on any atom is -0.352 e. The summed E-state index contributed by atoms with van der Waals surface area (Å²) >= 11 is 0. The SMILES string of the molecule is CC(C)CCCC(C)NC(=O)Cn1cnc2cc(F)ccc2c1=O. The summed E-state index contributed by atoms with van der Waals surface area (Å²) in [6.45, 7) is 6.22. The van der Waals surface area contributed by atoms with E-state index in [1.165, 1.54) is 29.1 Å². The minimum atomic E-state index is -0.444. The van der Waals surface area contributed by atoms with Gasteiger partial charge in [-0.05, 0) is 31.4 Å². The summed E-state index contributed by atoms with van der Waals surface area (Å²) in [5, 5.41) is 3.20. The van der Waals surface area contributed by atoms with Crippen LogP contribution in [-0.4, -0.2) is 21.5 Å². The van der Waals surface area contributed by atoms with Crippen molar-refractivity contribution < 1.29 is 9.18 Å². The number of hydrogen-bond acceptors (Lipinski definition) is 3. The van der Waals surface area contributed by atoms with Crippen LogP contribution < -0.4 is 10.9 Å². The molecule has 130 valence electrons. The van der Waals surface area contributed by atoms with Crippen LogP contribution in [0.3, 0.4) is 0 Å². The molecule has 0 saturated carbocycles. The molecule has 5 nitrogen and oxygen atoms in total. The second-order valence-electron chi connectivity index (χ2n) is 6.63. The van der Waals surface area contributed by atoms with Crippen molar-refractivity contribution in [1.82, 2.24) is 14.9 Å². The fourth-order valence-corrected chi connectivity index (χ4v) is 2.62. The molecule has 0 aliphatic rings. The molecule has 1 atom stereocenters. The summed E-state index contributed by atoms with van der Waals surface area (Å²) in [6.07, 6.45) is 4.38. The lowest BCUT2D eigenvalue weighted by Crippen LogP contribution is -2.37. The summed E-state index contributed by atoms with van der Waals surface area (Å²) < 4.78 is 14.4. The molecule has 1 aromatic heterocycles. The standard InChI is InChI=1S/C18H24FN3O2/c1-12(2)5-4-6-13(3)21-17(23)10-22-11-20-16-9-14(19)7-8-15(16)18(22)24/h7-9,11-13H,4-6,10H2,1-3H3,(H,21,23). The van der Waals surface area contributed by atoms with Crippen molar-refractivity contribution in [2.24, 2.45) is 5.92 Å². The van der Waals surface area contributed by atoms with Gasteiger partial charge in [0.2, 0.25) is 5.91 Å². The average molecular weight is 333 g/mol. The molecular weight excluding hydrogens is 309 g/mol. The van der Waals surface area contributed by atoms with Gasteiger partial charge in [0.15, 0.2) is 0 Å². The second kappa shape index (κ2) is 8.04. The minimum absolute atomic E-state index is 0.0643. The Morgan fingerprint density at radius 3 is 2.75 bits per heavy atom. The summed E-state index contributed by atoms with van der Waals surface area (Å²) in [4.78, 5) is 28.5. The normalized spacial score (nSPS) is 12.5. The second-order valence-corrected chi connectivity index (χ2v) is 6.63. The highest BCUT2D eigenvalue weighted by Gasteiger charge is 2.11. The van der Waals surface area contributed by atoms with E-state index in [4.69, 9.17) is 0 Å². The number of nitrogens with zero attached hydrogens (tertiary/aromatic N) is 2. The van der Waals surface area contributed by atoms with E-state index >= 15 is 0 Å². The zero-order valence-electron chi connectivity index (χ0n) is 14.4. The Labute approximate surface area is 140 Å². The van der Waals surface area contributed by atoms with Gasteiger partial charge in [0.25, 0.3) is 5.56 Å². The maximum absolute atomic E-state index is 13.2. The molecule has 1 aromatic carbocycles. The predicted octanol–water partition coefficient (Wildman–Crippen LogP) is 2.87. The van der Waals surface area contributed by atoms with E-state index in [-0.39, 0.29) is 24.1 Å². The molecule has 0 bridgehead atoms. The molecule has 0 radical (unpaired) electrons. The van der Waals surface area contributed by atoms with Crippen LogP contribution in [-0.2, 0) is 11.3 Å². The van der Waals surface area contributed by atoms with Gasteiger partial charge in [0.1, 0.15) is 12.4 Å². The smallest absolute Gasteiger partial charge is 0.261 e. The third-order valence-electron chi connectivity index (χ3n) is 3.93. The number of halogens is 1. The predicted molar refractivity (Wildman–Crippen MR) is 92.3 cm³/mol. The lowest BCUT2D eigenvalue weighted by molar-refractivity contribution is -0.122. The molecule has 1 amide bonds. The van der Waals surface area contributed by atoms with Gasteiger partial charge in [-0.3, -0.25) is 14.2 Å². The summed E-state index contributed by atoms with van der Waals surface area (Å²) in [6, 6.07) is 3.88. The molecule has 0 aliphatic carbocycles. The van der Waals surface area contributed by atoms with E-state index < -0.39 is 5.82 Å². The quantitative estimate of drug-likeness (QED) is 0.847. The molecule has 0 aliphatic heterocycles. The van der Waals surface area contributed by atoms with Gasteiger partial charge in [-0.25, -0.2) is 9.37 Å². The average Bonchev–Trinajstić information content (AvgIpc) is 2.49. The fraction of sp³-hybridized carbons (Fsp3) is 0.500. The number of carbonyl (C=O) groups excluding carboxylic acids is 1. The first-order valence-corrected chi connectivity index (χ1v) is 8.31. The first-order valence-electron chi connectivity index (χ1n) is 8.31. The van der Waals surface area contributed by atoms with E-state index in [1.54, 1.807) is 0 Å². The summed E-state index contributed by atoms with van der Waals surface area (Å²) in [5.74, 6) is -0.0162. The van der Waals surface area contributed by atoms with Gasteiger partial charge in [-0.2, -0.15) is 0 Å². The molecular formula is C18H24FN3O2. The number of aromatic nitrogens is 2. The van der Waals surface area contributed by atoms with Crippen LogP contribution in [0.1, 0.15) is 40.0 Å². The Hall–Kier alpha value is -2.24. The van der Waals surface area contributed by atoms with Crippen LogP contribution in [0.15, 0.2) is 29.3 Å². The number of rotatable bonds is 7. The maximum Gasteiger partial charge on any atom is 0.261 e. The lowest BCUT2D eigenvalue weighted by atomic mass is 10.0. The molecule has 1 N–H and O–H groups in total. The van der Waals surface area contributed by atoms with Crippen molar-refractivity contribution in [2.75, 3.05) is 0 Å². The highest BCUT2D eigenvalue weighted by Crippen LogP contribution is 2.09. The van der Waals surface area contributed by atoms with E-state index in [1.807, 2.05) is 6.92 Å². The van der Waals surface area contributed by atoms with Gasteiger partial charge in [-0.1, -0.05) is 26.7 Å². The van der Waals surface area contributed by atoms with E-state index in [0.717, 1.165) is 19.3 Å². The highest BCUT2D eigenvalue weighted by atomic mass is 19.1. The number of benzene rings is 1. The van der Waals surface area contributed by atoms with Crippen molar-refractivity contribution in [3.63, 3.8) is 0 Å². The van der Waals surface area contributed by atoms with Crippen LogP contribution in [0.5, 0.6) is 0 Å². The molecule has 2 aromatic rings.